The molecular formula is C17H15F4NO4. The van der Waals surface area contributed by atoms with Crippen LogP contribution in [0.1, 0.15) is 28.7 Å². The highest BCUT2D eigenvalue weighted by atomic mass is 19.4. The number of hydrogen-bond acceptors (Lipinski definition) is 5. The fourth-order valence-corrected chi connectivity index (χ4v) is 2.16. The van der Waals surface area contributed by atoms with E-state index in [9.17, 15) is 22.4 Å². The Morgan fingerprint density at radius 3 is 2.42 bits per heavy atom. The largest absolute Gasteiger partial charge is 0.493 e. The summed E-state index contributed by atoms with van der Waals surface area (Å²) in [5, 5.41) is 0. The third-order valence-corrected chi connectivity index (χ3v) is 3.28. The molecule has 2 aromatic rings. The van der Waals surface area contributed by atoms with Crippen LogP contribution in [0.5, 0.6) is 17.2 Å². The first kappa shape index (κ1) is 19.5. The van der Waals surface area contributed by atoms with Gasteiger partial charge in [0.2, 0.25) is 0 Å². The Labute approximate surface area is 146 Å². The monoisotopic (exact) mass is 373 g/mol. The zero-order chi connectivity index (χ0) is 19.5. The molecule has 0 atom stereocenters. The summed E-state index contributed by atoms with van der Waals surface area (Å²) in [4.78, 5) is 15.5. The summed E-state index contributed by atoms with van der Waals surface area (Å²) in [5.74, 6) is -2.06. The van der Waals surface area contributed by atoms with Crippen LogP contribution in [0.3, 0.4) is 0 Å². The van der Waals surface area contributed by atoms with Gasteiger partial charge in [0.1, 0.15) is 22.8 Å². The van der Waals surface area contributed by atoms with Gasteiger partial charge in [-0.25, -0.2) is 14.2 Å². The number of ether oxygens (including phenoxy) is 3. The Morgan fingerprint density at radius 1 is 1.15 bits per heavy atom. The highest BCUT2D eigenvalue weighted by molar-refractivity contribution is 5.93. The van der Waals surface area contributed by atoms with Crippen LogP contribution in [0.2, 0.25) is 0 Å². The molecule has 0 aliphatic heterocycles. The predicted octanol–water partition coefficient (Wildman–Crippen LogP) is 4.53. The van der Waals surface area contributed by atoms with Gasteiger partial charge in [0.05, 0.1) is 19.4 Å². The summed E-state index contributed by atoms with van der Waals surface area (Å²) in [5.41, 5.74) is -1.71. The van der Waals surface area contributed by atoms with E-state index >= 15 is 0 Å². The number of carbonyl (C=O) groups is 1. The number of benzene rings is 1. The molecule has 1 aromatic carbocycles. The molecule has 140 valence electrons. The lowest BCUT2D eigenvalue weighted by atomic mass is 10.1. The van der Waals surface area contributed by atoms with E-state index in [1.807, 2.05) is 0 Å². The SMILES string of the molecule is CCOC(=O)c1c(Oc2ccc(F)cc2OC)cc(C(F)(F)F)nc1C. The Morgan fingerprint density at radius 2 is 1.85 bits per heavy atom. The van der Waals surface area contributed by atoms with Crippen molar-refractivity contribution in [1.82, 2.24) is 4.98 Å². The molecular weight excluding hydrogens is 358 g/mol. The van der Waals surface area contributed by atoms with Crippen LogP contribution in [0.25, 0.3) is 0 Å². The lowest BCUT2D eigenvalue weighted by Gasteiger charge is -2.16. The van der Waals surface area contributed by atoms with Crippen molar-refractivity contribution >= 4 is 5.97 Å². The summed E-state index contributed by atoms with van der Waals surface area (Å²) in [6.45, 7) is 2.79. The van der Waals surface area contributed by atoms with Gasteiger partial charge in [-0.05, 0) is 26.0 Å². The third kappa shape index (κ3) is 4.22. The average molecular weight is 373 g/mol. The highest BCUT2D eigenvalue weighted by Gasteiger charge is 2.35. The highest BCUT2D eigenvalue weighted by Crippen LogP contribution is 2.38. The van der Waals surface area contributed by atoms with Crippen molar-refractivity contribution < 1.29 is 36.6 Å². The minimum atomic E-state index is -4.75. The number of hydrogen-bond donors (Lipinski definition) is 0. The molecule has 0 radical (unpaired) electrons. The first-order valence-electron chi connectivity index (χ1n) is 7.44. The summed E-state index contributed by atoms with van der Waals surface area (Å²) in [7, 11) is 1.24. The molecule has 0 bridgehead atoms. The molecule has 1 heterocycles. The van der Waals surface area contributed by atoms with Gasteiger partial charge in [-0.15, -0.1) is 0 Å². The molecule has 9 heteroatoms. The average Bonchev–Trinajstić information content (AvgIpc) is 2.55. The van der Waals surface area contributed by atoms with E-state index in [1.54, 1.807) is 6.92 Å². The summed E-state index contributed by atoms with van der Waals surface area (Å²) >= 11 is 0. The van der Waals surface area contributed by atoms with E-state index in [-0.39, 0.29) is 29.4 Å². The zero-order valence-corrected chi connectivity index (χ0v) is 14.1. The Kier molecular flexibility index (Phi) is 5.69. The molecule has 0 saturated carbocycles. The number of alkyl halides is 3. The fourth-order valence-electron chi connectivity index (χ4n) is 2.16. The zero-order valence-electron chi connectivity index (χ0n) is 14.1. The molecule has 0 aliphatic carbocycles. The number of esters is 1. The number of aromatic nitrogens is 1. The summed E-state index contributed by atoms with van der Waals surface area (Å²) in [6, 6.07) is 3.80. The van der Waals surface area contributed by atoms with Crippen LogP contribution in [0, 0.1) is 12.7 Å². The third-order valence-electron chi connectivity index (χ3n) is 3.28. The van der Waals surface area contributed by atoms with Crippen molar-refractivity contribution in [2.24, 2.45) is 0 Å². The molecule has 0 N–H and O–H groups in total. The van der Waals surface area contributed by atoms with Crippen LogP contribution in [0.4, 0.5) is 17.6 Å². The molecule has 0 aliphatic rings. The second-order valence-corrected chi connectivity index (χ2v) is 5.08. The van der Waals surface area contributed by atoms with Crippen LogP contribution >= 0.6 is 0 Å². The Balaban J connectivity index is 2.60. The fraction of sp³-hybridized carbons (Fsp3) is 0.294. The molecule has 0 fully saturated rings. The van der Waals surface area contributed by atoms with Gasteiger partial charge < -0.3 is 14.2 Å². The van der Waals surface area contributed by atoms with E-state index in [1.165, 1.54) is 20.1 Å². The van der Waals surface area contributed by atoms with Gasteiger partial charge in [0, 0.05) is 12.1 Å². The lowest BCUT2D eigenvalue weighted by Crippen LogP contribution is -2.15. The maximum atomic E-state index is 13.3. The standard InChI is InChI=1S/C17H15F4NO4/c1-4-25-16(23)15-9(2)22-14(17(19,20)21)8-13(15)26-11-6-5-10(18)7-12(11)24-3/h5-8H,4H2,1-3H3. The van der Waals surface area contributed by atoms with Gasteiger partial charge >= 0.3 is 12.1 Å². The molecule has 0 saturated heterocycles. The van der Waals surface area contributed by atoms with Gasteiger partial charge in [-0.2, -0.15) is 13.2 Å². The van der Waals surface area contributed by atoms with Crippen molar-refractivity contribution in [2.75, 3.05) is 13.7 Å². The van der Waals surface area contributed by atoms with Gasteiger partial charge in [0.15, 0.2) is 11.5 Å². The predicted molar refractivity (Wildman–Crippen MR) is 83.0 cm³/mol. The number of halogens is 4. The molecule has 26 heavy (non-hydrogen) atoms. The molecule has 0 amide bonds. The van der Waals surface area contributed by atoms with E-state index in [4.69, 9.17) is 14.2 Å². The van der Waals surface area contributed by atoms with Crippen molar-refractivity contribution in [3.05, 3.63) is 47.0 Å². The van der Waals surface area contributed by atoms with Crippen molar-refractivity contribution in [3.8, 4) is 17.2 Å². The van der Waals surface area contributed by atoms with Gasteiger partial charge in [0.25, 0.3) is 0 Å². The quantitative estimate of drug-likeness (QED) is 0.570. The Bertz CT molecular complexity index is 821. The molecule has 2 rings (SSSR count). The van der Waals surface area contributed by atoms with Gasteiger partial charge in [-0.3, -0.25) is 0 Å². The van der Waals surface area contributed by atoms with E-state index < -0.39 is 29.4 Å². The van der Waals surface area contributed by atoms with Crippen molar-refractivity contribution in [1.29, 1.82) is 0 Å². The Hall–Kier alpha value is -2.84. The first-order valence-corrected chi connectivity index (χ1v) is 7.44. The number of rotatable bonds is 5. The molecule has 0 unspecified atom stereocenters. The molecule has 1 aromatic heterocycles. The van der Waals surface area contributed by atoms with Crippen LogP contribution < -0.4 is 9.47 Å². The summed E-state index contributed by atoms with van der Waals surface area (Å²) in [6.07, 6.45) is -4.75. The second-order valence-electron chi connectivity index (χ2n) is 5.08. The number of carbonyl (C=O) groups excluding carboxylic acids is 1. The van der Waals surface area contributed by atoms with Crippen LogP contribution in [0.15, 0.2) is 24.3 Å². The topological polar surface area (TPSA) is 57.7 Å². The van der Waals surface area contributed by atoms with E-state index in [0.29, 0.717) is 6.07 Å². The van der Waals surface area contributed by atoms with Gasteiger partial charge in [-0.1, -0.05) is 0 Å². The minimum Gasteiger partial charge on any atom is -0.493 e. The first-order chi connectivity index (χ1) is 12.2. The number of methoxy groups -OCH3 is 1. The molecule has 5 nitrogen and oxygen atoms in total. The lowest BCUT2D eigenvalue weighted by molar-refractivity contribution is -0.141. The van der Waals surface area contributed by atoms with E-state index in [2.05, 4.69) is 4.98 Å². The normalized spacial score (nSPS) is 11.2. The van der Waals surface area contributed by atoms with Crippen LogP contribution in [-0.2, 0) is 10.9 Å². The second kappa shape index (κ2) is 7.59. The number of nitrogens with zero attached hydrogens (tertiary/aromatic N) is 1. The maximum Gasteiger partial charge on any atom is 0.433 e. The van der Waals surface area contributed by atoms with E-state index in [0.717, 1.165) is 12.1 Å². The van der Waals surface area contributed by atoms with Crippen molar-refractivity contribution in [3.63, 3.8) is 0 Å². The molecule has 0 spiro atoms. The number of pyridine rings is 1. The minimum absolute atomic E-state index is 0.0125. The summed E-state index contributed by atoms with van der Waals surface area (Å²) < 4.78 is 67.7. The van der Waals surface area contributed by atoms with Crippen molar-refractivity contribution in [2.45, 2.75) is 20.0 Å². The maximum absolute atomic E-state index is 13.3. The number of aryl methyl sites for hydroxylation is 1. The van der Waals surface area contributed by atoms with Crippen LogP contribution in [-0.4, -0.2) is 24.7 Å². The smallest absolute Gasteiger partial charge is 0.433 e.